The molecule has 1 rings (SSSR count). The molecule has 0 atom stereocenters. The Hall–Kier alpha value is -1.46. The van der Waals surface area contributed by atoms with Crippen LogP contribution in [0.4, 0.5) is 9.59 Å². The second kappa shape index (κ2) is 12.1. The highest BCUT2D eigenvalue weighted by molar-refractivity contribution is 5.67. The van der Waals surface area contributed by atoms with Crippen LogP contribution in [-0.2, 0) is 4.74 Å². The van der Waals surface area contributed by atoms with Crippen molar-refractivity contribution >= 4 is 12.2 Å². The third kappa shape index (κ3) is 10.3. The summed E-state index contributed by atoms with van der Waals surface area (Å²) in [6.45, 7) is 1.20. The van der Waals surface area contributed by atoms with E-state index in [2.05, 4.69) is 10.6 Å². The fourth-order valence-electron chi connectivity index (χ4n) is 2.72. The van der Waals surface area contributed by atoms with Gasteiger partial charge < -0.3 is 20.5 Å². The lowest BCUT2D eigenvalue weighted by atomic mass is 9.98. The minimum atomic E-state index is -0.953. The van der Waals surface area contributed by atoms with Gasteiger partial charge in [0, 0.05) is 13.1 Å². The molecule has 1 saturated carbocycles. The van der Waals surface area contributed by atoms with Gasteiger partial charge in [-0.3, -0.25) is 0 Å². The Bertz CT molecular complexity index is 317. The molecule has 0 bridgehead atoms. The molecule has 0 aliphatic heterocycles. The van der Waals surface area contributed by atoms with Crippen LogP contribution in [0.5, 0.6) is 0 Å². The van der Waals surface area contributed by atoms with Gasteiger partial charge in [0.25, 0.3) is 0 Å². The molecule has 6 heteroatoms. The molecule has 0 heterocycles. The smallest absolute Gasteiger partial charge is 0.407 e. The predicted molar refractivity (Wildman–Crippen MR) is 85.1 cm³/mol. The maximum absolute atomic E-state index is 11.6. The fraction of sp³-hybridized carbons (Fsp3) is 0.875. The number of rotatable bonds is 10. The van der Waals surface area contributed by atoms with Crippen LogP contribution in [0.25, 0.3) is 0 Å². The fourth-order valence-corrected chi connectivity index (χ4v) is 2.72. The molecule has 0 aromatic heterocycles. The molecular formula is C16H30N2O4. The van der Waals surface area contributed by atoms with Gasteiger partial charge in [-0.15, -0.1) is 0 Å². The van der Waals surface area contributed by atoms with E-state index in [1.54, 1.807) is 0 Å². The van der Waals surface area contributed by atoms with Crippen molar-refractivity contribution in [2.45, 2.75) is 76.7 Å². The Balaban J connectivity index is 1.82. The van der Waals surface area contributed by atoms with E-state index < -0.39 is 6.09 Å². The topological polar surface area (TPSA) is 87.7 Å². The molecule has 0 radical (unpaired) electrons. The van der Waals surface area contributed by atoms with Crippen LogP contribution in [0, 0.1) is 0 Å². The minimum absolute atomic E-state index is 0.119. The van der Waals surface area contributed by atoms with Crippen molar-refractivity contribution in [2.75, 3.05) is 13.1 Å². The first-order valence-corrected chi connectivity index (χ1v) is 8.60. The summed E-state index contributed by atoms with van der Waals surface area (Å²) >= 11 is 0. The molecule has 22 heavy (non-hydrogen) atoms. The van der Waals surface area contributed by atoms with E-state index in [-0.39, 0.29) is 12.2 Å². The average molecular weight is 314 g/mol. The van der Waals surface area contributed by atoms with E-state index in [1.165, 1.54) is 19.3 Å². The first kappa shape index (κ1) is 18.6. The SMILES string of the molecule is O=C(O)NCCCCCCCCNC(=O)OC1CCCCC1. The summed E-state index contributed by atoms with van der Waals surface area (Å²) in [5.41, 5.74) is 0. The first-order chi connectivity index (χ1) is 10.7. The van der Waals surface area contributed by atoms with E-state index in [4.69, 9.17) is 9.84 Å². The number of hydrogen-bond acceptors (Lipinski definition) is 3. The number of carbonyl (C=O) groups excluding carboxylic acids is 1. The van der Waals surface area contributed by atoms with Crippen molar-refractivity contribution < 1.29 is 19.4 Å². The summed E-state index contributed by atoms with van der Waals surface area (Å²) in [5, 5.41) is 13.6. The third-order valence-corrected chi connectivity index (χ3v) is 3.98. The van der Waals surface area contributed by atoms with Crippen molar-refractivity contribution in [3.63, 3.8) is 0 Å². The van der Waals surface area contributed by atoms with E-state index in [0.717, 1.165) is 51.4 Å². The highest BCUT2D eigenvalue weighted by Gasteiger charge is 2.16. The standard InChI is InChI=1S/C16H30N2O4/c19-15(20)17-12-8-3-1-2-4-9-13-18-16(21)22-14-10-6-5-7-11-14/h14,17H,1-13H2,(H,18,21)(H,19,20). The molecule has 1 aliphatic carbocycles. The Morgan fingerprint density at radius 1 is 0.864 bits per heavy atom. The molecule has 1 aliphatic rings. The summed E-state index contributed by atoms with van der Waals surface area (Å²) < 4.78 is 5.38. The summed E-state index contributed by atoms with van der Waals surface area (Å²) in [4.78, 5) is 21.8. The summed E-state index contributed by atoms with van der Waals surface area (Å²) in [7, 11) is 0. The van der Waals surface area contributed by atoms with Crippen LogP contribution in [0.2, 0.25) is 0 Å². The summed E-state index contributed by atoms with van der Waals surface area (Å²) in [5.74, 6) is 0. The predicted octanol–water partition coefficient (Wildman–Crippen LogP) is 3.65. The lowest BCUT2D eigenvalue weighted by molar-refractivity contribution is 0.0753. The molecule has 2 amide bonds. The van der Waals surface area contributed by atoms with Crippen LogP contribution in [0.15, 0.2) is 0 Å². The van der Waals surface area contributed by atoms with Crippen LogP contribution >= 0.6 is 0 Å². The Kier molecular flexibility index (Phi) is 10.2. The zero-order valence-corrected chi connectivity index (χ0v) is 13.4. The number of ether oxygens (including phenoxy) is 1. The minimum Gasteiger partial charge on any atom is -0.465 e. The zero-order valence-electron chi connectivity index (χ0n) is 13.4. The molecular weight excluding hydrogens is 284 g/mol. The van der Waals surface area contributed by atoms with E-state index in [9.17, 15) is 9.59 Å². The van der Waals surface area contributed by atoms with E-state index in [0.29, 0.717) is 13.1 Å². The number of hydrogen-bond donors (Lipinski definition) is 3. The molecule has 3 N–H and O–H groups in total. The lowest BCUT2D eigenvalue weighted by Crippen LogP contribution is -2.30. The Morgan fingerprint density at radius 2 is 1.41 bits per heavy atom. The highest BCUT2D eigenvalue weighted by Crippen LogP contribution is 2.20. The third-order valence-electron chi connectivity index (χ3n) is 3.98. The molecule has 0 saturated heterocycles. The van der Waals surface area contributed by atoms with Crippen molar-refractivity contribution in [2.24, 2.45) is 0 Å². The maximum atomic E-state index is 11.6. The van der Waals surface area contributed by atoms with E-state index in [1.807, 2.05) is 0 Å². The van der Waals surface area contributed by atoms with Gasteiger partial charge in [0.1, 0.15) is 6.10 Å². The molecule has 0 spiro atoms. The second-order valence-corrected chi connectivity index (χ2v) is 5.95. The van der Waals surface area contributed by atoms with Crippen LogP contribution in [-0.4, -0.2) is 36.5 Å². The summed E-state index contributed by atoms with van der Waals surface area (Å²) in [6.07, 6.45) is 10.7. The van der Waals surface area contributed by atoms with Gasteiger partial charge >= 0.3 is 12.2 Å². The van der Waals surface area contributed by atoms with Gasteiger partial charge in [0.15, 0.2) is 0 Å². The number of alkyl carbamates (subject to hydrolysis) is 1. The Labute approximate surface area is 133 Å². The maximum Gasteiger partial charge on any atom is 0.407 e. The molecule has 128 valence electrons. The molecule has 0 aromatic carbocycles. The van der Waals surface area contributed by atoms with E-state index >= 15 is 0 Å². The normalized spacial score (nSPS) is 15.3. The van der Waals surface area contributed by atoms with Crippen molar-refractivity contribution in [1.82, 2.24) is 10.6 Å². The van der Waals surface area contributed by atoms with Gasteiger partial charge in [0.2, 0.25) is 0 Å². The molecule has 1 fully saturated rings. The molecule has 0 aromatic rings. The molecule has 0 unspecified atom stereocenters. The van der Waals surface area contributed by atoms with Crippen LogP contribution in [0.3, 0.4) is 0 Å². The number of amides is 2. The van der Waals surface area contributed by atoms with Gasteiger partial charge in [-0.2, -0.15) is 0 Å². The molecule has 6 nitrogen and oxygen atoms in total. The highest BCUT2D eigenvalue weighted by atomic mass is 16.6. The van der Waals surface area contributed by atoms with Gasteiger partial charge in [-0.25, -0.2) is 9.59 Å². The van der Waals surface area contributed by atoms with Crippen molar-refractivity contribution in [3.05, 3.63) is 0 Å². The average Bonchev–Trinajstić information content (AvgIpc) is 2.50. The number of carbonyl (C=O) groups is 2. The van der Waals surface area contributed by atoms with Gasteiger partial charge in [0.05, 0.1) is 0 Å². The van der Waals surface area contributed by atoms with Gasteiger partial charge in [-0.05, 0) is 38.5 Å². The Morgan fingerprint density at radius 3 is 2.00 bits per heavy atom. The number of unbranched alkanes of at least 4 members (excludes halogenated alkanes) is 5. The van der Waals surface area contributed by atoms with Crippen LogP contribution in [0.1, 0.15) is 70.6 Å². The summed E-state index contributed by atoms with van der Waals surface area (Å²) in [6, 6.07) is 0. The van der Waals surface area contributed by atoms with Crippen LogP contribution < -0.4 is 10.6 Å². The second-order valence-electron chi connectivity index (χ2n) is 5.95. The van der Waals surface area contributed by atoms with Gasteiger partial charge in [-0.1, -0.05) is 32.1 Å². The largest absolute Gasteiger partial charge is 0.465 e. The number of nitrogens with one attached hydrogen (secondary N) is 2. The quantitative estimate of drug-likeness (QED) is 0.537. The van der Waals surface area contributed by atoms with Crippen molar-refractivity contribution in [1.29, 1.82) is 0 Å². The first-order valence-electron chi connectivity index (χ1n) is 8.60. The lowest BCUT2D eigenvalue weighted by Gasteiger charge is -2.21. The zero-order chi connectivity index (χ0) is 16.0. The monoisotopic (exact) mass is 314 g/mol. The number of carboxylic acid groups (broad SMARTS) is 1. The van der Waals surface area contributed by atoms with Crippen molar-refractivity contribution in [3.8, 4) is 0 Å².